The largest absolute Gasteiger partial charge is 0.385 e. The molecular formula is C17H27NS. The summed E-state index contributed by atoms with van der Waals surface area (Å²) in [7, 11) is 0. The number of anilines is 1. The summed E-state index contributed by atoms with van der Waals surface area (Å²) in [5, 5.41) is 4.37. The molecule has 0 amide bonds. The molecular weight excluding hydrogens is 250 g/mol. The standard InChI is InChI=1S/C17H27NS/c1-17(2,3)12-13-18-14-8-10-16(11-9-14)19-15-6-4-5-7-15/h8-11,15,18H,4-7,12-13H2,1-3H3. The van der Waals surface area contributed by atoms with Crippen LogP contribution < -0.4 is 5.32 Å². The average Bonchev–Trinajstić information content (AvgIpc) is 2.83. The minimum Gasteiger partial charge on any atom is -0.385 e. The molecule has 1 aromatic carbocycles. The van der Waals surface area contributed by atoms with Crippen molar-refractivity contribution in [2.24, 2.45) is 5.41 Å². The number of hydrogen-bond donors (Lipinski definition) is 1. The van der Waals surface area contributed by atoms with Crippen LogP contribution in [-0.2, 0) is 0 Å². The zero-order valence-electron chi connectivity index (χ0n) is 12.5. The Morgan fingerprint density at radius 1 is 1.11 bits per heavy atom. The van der Waals surface area contributed by atoms with Crippen LogP contribution in [0.1, 0.15) is 52.9 Å². The SMILES string of the molecule is CC(C)(C)CCNc1ccc(SC2CCCC2)cc1. The van der Waals surface area contributed by atoms with Gasteiger partial charge in [-0.05, 0) is 48.9 Å². The summed E-state index contributed by atoms with van der Waals surface area (Å²) in [5.74, 6) is 0. The van der Waals surface area contributed by atoms with Crippen molar-refractivity contribution in [3.63, 3.8) is 0 Å². The van der Waals surface area contributed by atoms with Crippen LogP contribution in [0.15, 0.2) is 29.2 Å². The highest BCUT2D eigenvalue weighted by atomic mass is 32.2. The first kappa shape index (κ1) is 14.8. The quantitative estimate of drug-likeness (QED) is 0.755. The molecule has 0 unspecified atom stereocenters. The fraction of sp³-hybridized carbons (Fsp3) is 0.647. The molecule has 1 aliphatic rings. The highest BCUT2D eigenvalue weighted by Gasteiger charge is 2.15. The molecule has 1 fully saturated rings. The summed E-state index contributed by atoms with van der Waals surface area (Å²) < 4.78 is 0. The predicted octanol–water partition coefficient (Wildman–Crippen LogP) is 5.57. The third-order valence-corrected chi connectivity index (χ3v) is 5.01. The van der Waals surface area contributed by atoms with Crippen molar-refractivity contribution in [3.05, 3.63) is 24.3 Å². The van der Waals surface area contributed by atoms with Crippen LogP contribution in [0.3, 0.4) is 0 Å². The average molecular weight is 277 g/mol. The Kier molecular flexibility index (Phi) is 5.20. The topological polar surface area (TPSA) is 12.0 Å². The molecule has 0 spiro atoms. The van der Waals surface area contributed by atoms with Crippen LogP contribution in [0.4, 0.5) is 5.69 Å². The molecule has 106 valence electrons. The number of thioether (sulfide) groups is 1. The fourth-order valence-electron chi connectivity index (χ4n) is 2.43. The van der Waals surface area contributed by atoms with Gasteiger partial charge in [-0.25, -0.2) is 0 Å². The van der Waals surface area contributed by atoms with Crippen molar-refractivity contribution in [2.45, 2.75) is 63.0 Å². The Morgan fingerprint density at radius 3 is 2.32 bits per heavy atom. The third-order valence-electron chi connectivity index (χ3n) is 3.66. The molecule has 1 saturated carbocycles. The Labute approximate surface area is 122 Å². The Hall–Kier alpha value is -0.630. The van der Waals surface area contributed by atoms with E-state index in [2.05, 4.69) is 62.1 Å². The van der Waals surface area contributed by atoms with Gasteiger partial charge < -0.3 is 5.32 Å². The summed E-state index contributed by atoms with van der Waals surface area (Å²) in [6.45, 7) is 7.92. The maximum absolute atomic E-state index is 3.51. The van der Waals surface area contributed by atoms with Crippen LogP contribution in [0.2, 0.25) is 0 Å². The summed E-state index contributed by atoms with van der Waals surface area (Å²) in [5.41, 5.74) is 1.66. The number of rotatable bonds is 5. The molecule has 0 bridgehead atoms. The first-order chi connectivity index (χ1) is 9.03. The van der Waals surface area contributed by atoms with E-state index >= 15 is 0 Å². The molecule has 2 rings (SSSR count). The van der Waals surface area contributed by atoms with Crippen LogP contribution >= 0.6 is 11.8 Å². The lowest BCUT2D eigenvalue weighted by Crippen LogP contribution is -2.12. The van der Waals surface area contributed by atoms with Gasteiger partial charge in [0.15, 0.2) is 0 Å². The predicted molar refractivity (Wildman–Crippen MR) is 87.1 cm³/mol. The summed E-state index contributed by atoms with van der Waals surface area (Å²) in [6, 6.07) is 8.98. The van der Waals surface area contributed by atoms with E-state index < -0.39 is 0 Å². The Morgan fingerprint density at radius 2 is 1.74 bits per heavy atom. The summed E-state index contributed by atoms with van der Waals surface area (Å²) >= 11 is 2.06. The van der Waals surface area contributed by atoms with Gasteiger partial charge in [0.25, 0.3) is 0 Å². The second-order valence-corrected chi connectivity index (χ2v) is 8.16. The van der Waals surface area contributed by atoms with Crippen LogP contribution in [-0.4, -0.2) is 11.8 Å². The normalized spacial score (nSPS) is 16.8. The molecule has 0 aliphatic heterocycles. The molecule has 0 aromatic heterocycles. The lowest BCUT2D eigenvalue weighted by molar-refractivity contribution is 0.390. The molecule has 1 N–H and O–H groups in total. The van der Waals surface area contributed by atoms with Gasteiger partial charge in [0.1, 0.15) is 0 Å². The molecule has 0 radical (unpaired) electrons. The molecule has 0 saturated heterocycles. The van der Waals surface area contributed by atoms with E-state index in [4.69, 9.17) is 0 Å². The zero-order valence-corrected chi connectivity index (χ0v) is 13.4. The lowest BCUT2D eigenvalue weighted by atomic mass is 9.92. The highest BCUT2D eigenvalue weighted by molar-refractivity contribution is 8.00. The maximum atomic E-state index is 3.51. The second-order valence-electron chi connectivity index (χ2n) is 6.79. The van der Waals surface area contributed by atoms with E-state index in [0.29, 0.717) is 5.41 Å². The van der Waals surface area contributed by atoms with E-state index in [1.54, 1.807) is 0 Å². The lowest BCUT2D eigenvalue weighted by Gasteiger charge is -2.18. The molecule has 0 heterocycles. The molecule has 0 atom stereocenters. The number of nitrogens with one attached hydrogen (secondary N) is 1. The monoisotopic (exact) mass is 277 g/mol. The van der Waals surface area contributed by atoms with Crippen molar-refractivity contribution in [1.82, 2.24) is 0 Å². The van der Waals surface area contributed by atoms with Gasteiger partial charge in [0.2, 0.25) is 0 Å². The van der Waals surface area contributed by atoms with Crippen LogP contribution in [0.5, 0.6) is 0 Å². The van der Waals surface area contributed by atoms with Crippen molar-refractivity contribution >= 4 is 17.4 Å². The Bertz CT molecular complexity index is 371. The van der Waals surface area contributed by atoms with Crippen molar-refractivity contribution < 1.29 is 0 Å². The van der Waals surface area contributed by atoms with E-state index in [1.165, 1.54) is 42.7 Å². The van der Waals surface area contributed by atoms with Crippen molar-refractivity contribution in [2.75, 3.05) is 11.9 Å². The third kappa shape index (κ3) is 5.48. The van der Waals surface area contributed by atoms with Gasteiger partial charge in [-0.3, -0.25) is 0 Å². The minimum atomic E-state index is 0.408. The van der Waals surface area contributed by atoms with Gasteiger partial charge in [-0.15, -0.1) is 11.8 Å². The second kappa shape index (κ2) is 6.69. The van der Waals surface area contributed by atoms with E-state index in [-0.39, 0.29) is 0 Å². The molecule has 2 heteroatoms. The smallest absolute Gasteiger partial charge is 0.0340 e. The molecule has 1 aromatic rings. The first-order valence-electron chi connectivity index (χ1n) is 7.53. The Balaban J connectivity index is 1.77. The van der Waals surface area contributed by atoms with Gasteiger partial charge in [-0.1, -0.05) is 33.6 Å². The van der Waals surface area contributed by atoms with Crippen LogP contribution in [0.25, 0.3) is 0 Å². The van der Waals surface area contributed by atoms with Crippen molar-refractivity contribution in [3.8, 4) is 0 Å². The first-order valence-corrected chi connectivity index (χ1v) is 8.41. The van der Waals surface area contributed by atoms with Crippen molar-refractivity contribution in [1.29, 1.82) is 0 Å². The van der Waals surface area contributed by atoms with Gasteiger partial charge in [0, 0.05) is 22.4 Å². The van der Waals surface area contributed by atoms with E-state index in [1.807, 2.05) is 0 Å². The summed E-state index contributed by atoms with van der Waals surface area (Å²) in [6.07, 6.45) is 6.84. The van der Waals surface area contributed by atoms with Gasteiger partial charge >= 0.3 is 0 Å². The number of hydrogen-bond acceptors (Lipinski definition) is 2. The van der Waals surface area contributed by atoms with E-state index in [9.17, 15) is 0 Å². The maximum Gasteiger partial charge on any atom is 0.0340 e. The van der Waals surface area contributed by atoms with E-state index in [0.717, 1.165) is 11.8 Å². The highest BCUT2D eigenvalue weighted by Crippen LogP contribution is 2.34. The summed E-state index contributed by atoms with van der Waals surface area (Å²) in [4.78, 5) is 1.42. The number of benzene rings is 1. The zero-order chi connectivity index (χ0) is 13.7. The fourth-order valence-corrected chi connectivity index (χ4v) is 3.68. The van der Waals surface area contributed by atoms with Gasteiger partial charge in [0.05, 0.1) is 0 Å². The van der Waals surface area contributed by atoms with Gasteiger partial charge in [-0.2, -0.15) is 0 Å². The molecule has 1 aliphatic carbocycles. The van der Waals surface area contributed by atoms with Crippen LogP contribution in [0, 0.1) is 5.41 Å². The molecule has 19 heavy (non-hydrogen) atoms. The molecule has 1 nitrogen and oxygen atoms in total. The minimum absolute atomic E-state index is 0.408.